The molecule has 0 amide bonds. The van der Waals surface area contributed by atoms with Crippen molar-refractivity contribution < 1.29 is 4.92 Å². The summed E-state index contributed by atoms with van der Waals surface area (Å²) >= 11 is 0. The Bertz CT molecular complexity index is 385. The molecule has 0 aliphatic carbocycles. The van der Waals surface area contributed by atoms with Gasteiger partial charge in [0.1, 0.15) is 5.69 Å². The van der Waals surface area contributed by atoms with Gasteiger partial charge in [0, 0.05) is 20.6 Å². The van der Waals surface area contributed by atoms with Gasteiger partial charge in [-0.05, 0) is 13.3 Å². The highest BCUT2D eigenvalue weighted by molar-refractivity contribution is 5.58. The van der Waals surface area contributed by atoms with E-state index in [0.29, 0.717) is 18.1 Å². The molecule has 0 saturated carbocycles. The Kier molecular flexibility index (Phi) is 3.83. The first kappa shape index (κ1) is 12.4. The largest absolute Gasteiger partial charge is 0.335 e. The highest BCUT2D eigenvalue weighted by atomic mass is 16.6. The minimum atomic E-state index is -0.402. The van der Waals surface area contributed by atoms with E-state index in [1.165, 1.54) is 0 Å². The predicted molar refractivity (Wildman–Crippen MR) is 61.2 cm³/mol. The van der Waals surface area contributed by atoms with Gasteiger partial charge >= 0.3 is 5.69 Å². The van der Waals surface area contributed by atoms with E-state index in [2.05, 4.69) is 10.5 Å². The molecule has 1 aromatic heterocycles. The van der Waals surface area contributed by atoms with Crippen LogP contribution in [0.4, 0.5) is 11.5 Å². The molecule has 0 saturated heterocycles. The fraction of sp³-hybridized carbons (Fsp3) is 0.667. The molecule has 16 heavy (non-hydrogen) atoms. The Morgan fingerprint density at radius 2 is 2.19 bits per heavy atom. The van der Waals surface area contributed by atoms with Gasteiger partial charge in [0.25, 0.3) is 0 Å². The van der Waals surface area contributed by atoms with Crippen LogP contribution in [0, 0.1) is 17.0 Å². The van der Waals surface area contributed by atoms with Crippen LogP contribution in [-0.4, -0.2) is 33.8 Å². The summed E-state index contributed by atoms with van der Waals surface area (Å²) in [6, 6.07) is 0. The Hall–Kier alpha value is -1.63. The molecular weight excluding hydrogens is 210 g/mol. The molecule has 90 valence electrons. The lowest BCUT2D eigenvalue weighted by molar-refractivity contribution is -0.384. The smallest absolute Gasteiger partial charge is 0.298 e. The van der Waals surface area contributed by atoms with Crippen LogP contribution >= 0.6 is 0 Å². The quantitative estimate of drug-likeness (QED) is 0.607. The third-order valence-corrected chi connectivity index (χ3v) is 2.04. The molecule has 7 nitrogen and oxygen atoms in total. The fourth-order valence-corrected chi connectivity index (χ4v) is 1.49. The first-order valence-electron chi connectivity index (χ1n) is 5.13. The van der Waals surface area contributed by atoms with Crippen molar-refractivity contribution in [1.29, 1.82) is 0 Å². The summed E-state index contributed by atoms with van der Waals surface area (Å²) in [6.07, 6.45) is 0.875. The molecule has 0 spiro atoms. The second-order valence-corrected chi connectivity index (χ2v) is 3.77. The zero-order valence-electron chi connectivity index (χ0n) is 10.0. The molecule has 1 rings (SSSR count). The van der Waals surface area contributed by atoms with Gasteiger partial charge in [-0.15, -0.1) is 0 Å². The van der Waals surface area contributed by atoms with Crippen LogP contribution in [0.25, 0.3) is 0 Å². The van der Waals surface area contributed by atoms with Gasteiger partial charge in [-0.1, -0.05) is 6.92 Å². The maximum Gasteiger partial charge on any atom is 0.335 e. The van der Waals surface area contributed by atoms with Gasteiger partial charge in [-0.25, -0.2) is 9.69 Å². The summed E-state index contributed by atoms with van der Waals surface area (Å²) in [4.78, 5) is 10.5. The number of nitrogens with zero attached hydrogens (tertiary/aromatic N) is 4. The number of anilines is 1. The number of nitrogens with one attached hydrogen (secondary N) is 1. The standard InChI is InChI=1S/C9H17N5O2/c1-5-6-13-9(11-12(3)4)8(14(15)16)7(2)10-13/h11H,5-6H2,1-4H3. The molecule has 0 radical (unpaired) electrons. The molecule has 0 aliphatic rings. The Morgan fingerprint density at radius 3 is 2.62 bits per heavy atom. The molecular formula is C9H17N5O2. The van der Waals surface area contributed by atoms with Crippen LogP contribution in [0.3, 0.4) is 0 Å². The molecule has 1 aromatic rings. The number of hydrazine groups is 1. The van der Waals surface area contributed by atoms with Gasteiger partial charge in [0.05, 0.1) is 4.92 Å². The lowest BCUT2D eigenvalue weighted by atomic mass is 10.4. The maximum atomic E-state index is 10.9. The second kappa shape index (κ2) is 4.93. The summed E-state index contributed by atoms with van der Waals surface area (Å²) in [5.74, 6) is 0.439. The summed E-state index contributed by atoms with van der Waals surface area (Å²) in [5, 5.41) is 16.8. The Morgan fingerprint density at radius 1 is 1.56 bits per heavy atom. The number of nitro groups is 1. The number of rotatable bonds is 5. The molecule has 0 bridgehead atoms. The molecule has 1 heterocycles. The topological polar surface area (TPSA) is 76.2 Å². The van der Waals surface area contributed by atoms with Crippen molar-refractivity contribution in [2.24, 2.45) is 0 Å². The SMILES string of the molecule is CCCn1nc(C)c([N+](=O)[O-])c1NN(C)C. The molecule has 0 fully saturated rings. The van der Waals surface area contributed by atoms with Crippen molar-refractivity contribution in [3.05, 3.63) is 15.8 Å². The van der Waals surface area contributed by atoms with Crippen LogP contribution in [0.1, 0.15) is 19.0 Å². The highest BCUT2D eigenvalue weighted by Crippen LogP contribution is 2.28. The lowest BCUT2D eigenvalue weighted by Crippen LogP contribution is -2.22. The minimum absolute atomic E-state index is 0.0437. The zero-order chi connectivity index (χ0) is 12.3. The average molecular weight is 227 g/mol. The molecule has 1 N–H and O–H groups in total. The third kappa shape index (κ3) is 2.48. The number of hydrogen-bond donors (Lipinski definition) is 1. The fourth-order valence-electron chi connectivity index (χ4n) is 1.49. The molecule has 0 unspecified atom stereocenters. The van der Waals surface area contributed by atoms with E-state index in [1.807, 2.05) is 6.92 Å². The van der Waals surface area contributed by atoms with Crippen LogP contribution in [0.5, 0.6) is 0 Å². The summed E-state index contributed by atoms with van der Waals surface area (Å²) < 4.78 is 1.63. The molecule has 7 heteroatoms. The normalized spacial score (nSPS) is 10.8. The maximum absolute atomic E-state index is 10.9. The highest BCUT2D eigenvalue weighted by Gasteiger charge is 2.25. The van der Waals surface area contributed by atoms with E-state index in [-0.39, 0.29) is 5.69 Å². The van der Waals surface area contributed by atoms with Crippen LogP contribution < -0.4 is 5.43 Å². The first-order chi connectivity index (χ1) is 7.47. The van der Waals surface area contributed by atoms with E-state index in [9.17, 15) is 10.1 Å². The van der Waals surface area contributed by atoms with Gasteiger partial charge in [-0.3, -0.25) is 15.5 Å². The summed E-state index contributed by atoms with van der Waals surface area (Å²) in [5.41, 5.74) is 3.40. The number of hydrogen-bond acceptors (Lipinski definition) is 5. The van der Waals surface area contributed by atoms with Gasteiger partial charge in [0.15, 0.2) is 0 Å². The third-order valence-electron chi connectivity index (χ3n) is 2.04. The van der Waals surface area contributed by atoms with E-state index in [4.69, 9.17) is 0 Å². The van der Waals surface area contributed by atoms with Gasteiger partial charge in [0.2, 0.25) is 5.82 Å². The van der Waals surface area contributed by atoms with Crippen LogP contribution in [0.2, 0.25) is 0 Å². The second-order valence-electron chi connectivity index (χ2n) is 3.77. The molecule has 0 atom stereocenters. The number of aromatic nitrogens is 2. The molecule has 0 aliphatic heterocycles. The van der Waals surface area contributed by atoms with E-state index in [1.54, 1.807) is 30.7 Å². The van der Waals surface area contributed by atoms with Crippen molar-refractivity contribution in [3.63, 3.8) is 0 Å². The number of aryl methyl sites for hydroxylation is 2. The summed E-state index contributed by atoms with van der Waals surface area (Å²) in [7, 11) is 3.56. The van der Waals surface area contributed by atoms with Crippen LogP contribution in [-0.2, 0) is 6.54 Å². The summed E-state index contributed by atoms with van der Waals surface area (Å²) in [6.45, 7) is 4.30. The minimum Gasteiger partial charge on any atom is -0.298 e. The van der Waals surface area contributed by atoms with Crippen molar-refractivity contribution in [3.8, 4) is 0 Å². The van der Waals surface area contributed by atoms with E-state index in [0.717, 1.165) is 6.42 Å². The van der Waals surface area contributed by atoms with Gasteiger partial charge < -0.3 is 0 Å². The van der Waals surface area contributed by atoms with Crippen LogP contribution in [0.15, 0.2) is 0 Å². The van der Waals surface area contributed by atoms with E-state index < -0.39 is 4.92 Å². The predicted octanol–water partition coefficient (Wildman–Crippen LogP) is 1.40. The average Bonchev–Trinajstić information content (AvgIpc) is 2.42. The first-order valence-corrected chi connectivity index (χ1v) is 5.13. The monoisotopic (exact) mass is 227 g/mol. The van der Waals surface area contributed by atoms with Crippen molar-refractivity contribution >= 4 is 11.5 Å². The van der Waals surface area contributed by atoms with Gasteiger partial charge in [-0.2, -0.15) is 5.10 Å². The molecule has 0 aromatic carbocycles. The van der Waals surface area contributed by atoms with E-state index >= 15 is 0 Å². The van der Waals surface area contributed by atoms with Crippen molar-refractivity contribution in [1.82, 2.24) is 14.8 Å². The zero-order valence-corrected chi connectivity index (χ0v) is 10.0. The van der Waals surface area contributed by atoms with Crippen molar-refractivity contribution in [2.45, 2.75) is 26.8 Å². The Labute approximate surface area is 94.2 Å². The van der Waals surface area contributed by atoms with Crippen molar-refractivity contribution in [2.75, 3.05) is 19.5 Å². The lowest BCUT2D eigenvalue weighted by Gasteiger charge is -2.13. The Balaban J connectivity index is 3.19.